The average molecular weight is 399 g/mol. The van der Waals surface area contributed by atoms with Crippen LogP contribution in [0.3, 0.4) is 0 Å². The lowest BCUT2D eigenvalue weighted by atomic mass is 10.1. The van der Waals surface area contributed by atoms with E-state index in [1.807, 2.05) is 30.3 Å². The van der Waals surface area contributed by atoms with Crippen molar-refractivity contribution >= 4 is 17.0 Å². The number of aromatic nitrogens is 3. The number of nitrogens with zero attached hydrogens (tertiary/aromatic N) is 3. The number of hydrogen-bond acceptors (Lipinski definition) is 5. The van der Waals surface area contributed by atoms with Crippen molar-refractivity contribution in [3.8, 4) is 33.2 Å². The molecule has 3 aromatic heterocycles. The summed E-state index contributed by atoms with van der Waals surface area (Å²) in [5, 5.41) is 27.2. The van der Waals surface area contributed by atoms with E-state index in [4.69, 9.17) is 0 Å². The van der Waals surface area contributed by atoms with Gasteiger partial charge in [-0.2, -0.15) is 9.61 Å². The van der Waals surface area contributed by atoms with Crippen molar-refractivity contribution in [3.05, 3.63) is 89.6 Å². The van der Waals surface area contributed by atoms with Gasteiger partial charge in [0.15, 0.2) is 5.65 Å². The number of hydrogen-bond donors (Lipinski definition) is 2. The third-order valence-corrected chi connectivity index (χ3v) is 5.88. The molecular weight excluding hydrogens is 382 g/mol. The molecule has 0 unspecified atom stereocenters. The molecule has 142 valence electrons. The second kappa shape index (κ2) is 7.07. The molecule has 0 atom stereocenters. The minimum atomic E-state index is 0.0318. The Balaban J connectivity index is 1.52. The van der Waals surface area contributed by atoms with Gasteiger partial charge in [-0.15, -0.1) is 11.3 Å². The smallest absolute Gasteiger partial charge is 0.219 e. The van der Waals surface area contributed by atoms with Crippen LogP contribution in [0, 0.1) is 0 Å². The lowest BCUT2D eigenvalue weighted by Gasteiger charge is -2.07. The Hall–Kier alpha value is -3.64. The maximum absolute atomic E-state index is 10.7. The van der Waals surface area contributed by atoms with Crippen molar-refractivity contribution in [3.63, 3.8) is 0 Å². The summed E-state index contributed by atoms with van der Waals surface area (Å²) in [6.45, 7) is 0. The molecule has 5 rings (SSSR count). The van der Waals surface area contributed by atoms with E-state index in [1.165, 1.54) is 4.52 Å². The molecule has 0 amide bonds. The monoisotopic (exact) mass is 399 g/mol. The lowest BCUT2D eigenvalue weighted by Crippen LogP contribution is -1.98. The van der Waals surface area contributed by atoms with Crippen LogP contribution in [-0.4, -0.2) is 24.8 Å². The van der Waals surface area contributed by atoms with E-state index in [2.05, 4.69) is 33.7 Å². The Bertz CT molecular complexity index is 1310. The quantitative estimate of drug-likeness (QED) is 0.440. The van der Waals surface area contributed by atoms with Crippen LogP contribution in [0.5, 0.6) is 11.6 Å². The van der Waals surface area contributed by atoms with Crippen LogP contribution in [0.1, 0.15) is 11.1 Å². The number of thiophene rings is 1. The zero-order valence-corrected chi connectivity index (χ0v) is 16.2. The summed E-state index contributed by atoms with van der Waals surface area (Å²) in [4.78, 5) is 5.59. The van der Waals surface area contributed by atoms with Gasteiger partial charge in [-0.25, -0.2) is 4.98 Å². The second-order valence-electron chi connectivity index (χ2n) is 6.77. The number of fused-ring (bicyclic) bond motifs is 1. The number of para-hydroxylation sites is 1. The molecule has 5 nitrogen and oxygen atoms in total. The van der Waals surface area contributed by atoms with E-state index >= 15 is 0 Å². The number of aromatic hydroxyl groups is 2. The Morgan fingerprint density at radius 2 is 1.66 bits per heavy atom. The number of rotatable bonds is 4. The van der Waals surface area contributed by atoms with Gasteiger partial charge in [0.05, 0.1) is 11.8 Å². The molecule has 6 heteroatoms. The molecule has 0 aliphatic carbocycles. The highest BCUT2D eigenvalue weighted by atomic mass is 32.1. The van der Waals surface area contributed by atoms with Gasteiger partial charge in [0, 0.05) is 23.1 Å². The second-order valence-corrected chi connectivity index (χ2v) is 7.68. The summed E-state index contributed by atoms with van der Waals surface area (Å²) in [5.74, 6) is 0.226. The normalized spacial score (nSPS) is 11.2. The molecule has 0 fully saturated rings. The van der Waals surface area contributed by atoms with E-state index in [0.717, 1.165) is 27.1 Å². The summed E-state index contributed by atoms with van der Waals surface area (Å²) < 4.78 is 1.45. The fourth-order valence-electron chi connectivity index (χ4n) is 3.38. The first-order valence-electron chi connectivity index (χ1n) is 9.16. The number of phenolic OH excluding ortho intramolecular Hbond substituents is 1. The summed E-state index contributed by atoms with van der Waals surface area (Å²) in [7, 11) is 0. The Labute approximate surface area is 171 Å². The van der Waals surface area contributed by atoms with Gasteiger partial charge < -0.3 is 10.2 Å². The molecule has 2 aromatic carbocycles. The zero-order valence-electron chi connectivity index (χ0n) is 15.4. The van der Waals surface area contributed by atoms with Gasteiger partial charge in [0.1, 0.15) is 5.75 Å². The van der Waals surface area contributed by atoms with Crippen molar-refractivity contribution in [2.75, 3.05) is 0 Å². The van der Waals surface area contributed by atoms with E-state index < -0.39 is 0 Å². The molecule has 0 aliphatic heterocycles. The van der Waals surface area contributed by atoms with Crippen molar-refractivity contribution < 1.29 is 10.2 Å². The molecule has 5 aromatic rings. The number of benzene rings is 2. The largest absolute Gasteiger partial charge is 0.508 e. The van der Waals surface area contributed by atoms with Gasteiger partial charge in [-0.3, -0.25) is 0 Å². The number of phenols is 1. The molecule has 0 aliphatic rings. The van der Waals surface area contributed by atoms with Crippen molar-refractivity contribution in [2.24, 2.45) is 0 Å². The first-order chi connectivity index (χ1) is 14.2. The van der Waals surface area contributed by atoms with Crippen LogP contribution >= 0.6 is 11.3 Å². The third-order valence-electron chi connectivity index (χ3n) is 4.92. The molecule has 0 saturated carbocycles. The van der Waals surface area contributed by atoms with E-state index in [-0.39, 0.29) is 11.6 Å². The molecule has 2 N–H and O–H groups in total. The van der Waals surface area contributed by atoms with Crippen LogP contribution in [0.25, 0.3) is 27.2 Å². The topological polar surface area (TPSA) is 70.7 Å². The van der Waals surface area contributed by atoms with Gasteiger partial charge in [-0.1, -0.05) is 48.5 Å². The molecule has 0 radical (unpaired) electrons. The van der Waals surface area contributed by atoms with E-state index in [1.54, 1.807) is 35.9 Å². The molecule has 0 spiro atoms. The van der Waals surface area contributed by atoms with Crippen LogP contribution in [0.2, 0.25) is 0 Å². The Morgan fingerprint density at radius 3 is 2.48 bits per heavy atom. The third kappa shape index (κ3) is 3.13. The molecule has 0 saturated heterocycles. The van der Waals surface area contributed by atoms with Gasteiger partial charge in [-0.05, 0) is 34.2 Å². The lowest BCUT2D eigenvalue weighted by molar-refractivity contribution is 0.428. The van der Waals surface area contributed by atoms with E-state index in [9.17, 15) is 10.2 Å². The Morgan fingerprint density at radius 1 is 0.862 bits per heavy atom. The minimum absolute atomic E-state index is 0.0318. The highest BCUT2D eigenvalue weighted by Gasteiger charge is 2.16. The minimum Gasteiger partial charge on any atom is -0.508 e. The predicted octanol–water partition coefficient (Wildman–Crippen LogP) is 5.13. The Kier molecular flexibility index (Phi) is 4.26. The van der Waals surface area contributed by atoms with Gasteiger partial charge >= 0.3 is 0 Å². The fraction of sp³-hybridized carbons (Fsp3) is 0.0435. The van der Waals surface area contributed by atoms with Crippen LogP contribution in [0.15, 0.2) is 78.4 Å². The first-order valence-corrected chi connectivity index (χ1v) is 10.0. The van der Waals surface area contributed by atoms with Crippen molar-refractivity contribution in [1.29, 1.82) is 0 Å². The van der Waals surface area contributed by atoms with Crippen LogP contribution < -0.4 is 0 Å². The van der Waals surface area contributed by atoms with Crippen molar-refractivity contribution in [1.82, 2.24) is 14.6 Å². The van der Waals surface area contributed by atoms with Gasteiger partial charge in [0.25, 0.3) is 0 Å². The fourth-order valence-corrected chi connectivity index (χ4v) is 4.30. The highest BCUT2D eigenvalue weighted by Crippen LogP contribution is 2.35. The molecule has 3 heterocycles. The molecule has 29 heavy (non-hydrogen) atoms. The summed E-state index contributed by atoms with van der Waals surface area (Å²) in [6.07, 6.45) is 3.74. The standard InChI is InChI=1S/C23H17N3O2S/c27-20-9-5-4-8-16(20)10-17-12-24-22-19(13-25-26(22)23(17)28)21-11-18(14-29-21)15-6-2-1-3-7-15/h1-9,11-14,27-28H,10H2. The van der Waals surface area contributed by atoms with Crippen LogP contribution in [0.4, 0.5) is 0 Å². The molecule has 0 bridgehead atoms. The van der Waals surface area contributed by atoms with Gasteiger partial charge in [0.2, 0.25) is 5.88 Å². The first kappa shape index (κ1) is 17.5. The summed E-state index contributed by atoms with van der Waals surface area (Å²) >= 11 is 1.62. The average Bonchev–Trinajstić information content (AvgIpc) is 3.40. The summed E-state index contributed by atoms with van der Waals surface area (Å²) in [5.41, 5.74) is 5.11. The van der Waals surface area contributed by atoms with Crippen LogP contribution in [-0.2, 0) is 6.42 Å². The van der Waals surface area contributed by atoms with E-state index in [0.29, 0.717) is 17.6 Å². The SMILES string of the molecule is Oc1ccccc1Cc1cnc2c(-c3cc(-c4ccccc4)cs3)cnn2c1O. The maximum atomic E-state index is 10.7. The maximum Gasteiger partial charge on any atom is 0.219 e. The van der Waals surface area contributed by atoms with Crippen molar-refractivity contribution in [2.45, 2.75) is 6.42 Å². The highest BCUT2D eigenvalue weighted by molar-refractivity contribution is 7.14. The zero-order chi connectivity index (χ0) is 19.8. The predicted molar refractivity (Wildman–Crippen MR) is 114 cm³/mol. The molecular formula is C23H17N3O2S. The summed E-state index contributed by atoms with van der Waals surface area (Å²) in [6, 6.07) is 19.4.